The minimum absolute atomic E-state index is 0. The van der Waals surface area contributed by atoms with Gasteiger partial charge in [-0.15, -0.1) is 34.9 Å². The van der Waals surface area contributed by atoms with Crippen molar-refractivity contribution in [2.75, 3.05) is 0 Å². The van der Waals surface area contributed by atoms with Crippen molar-refractivity contribution in [1.29, 1.82) is 0 Å². The Balaban J connectivity index is 0.000000394. The second-order valence-corrected chi connectivity index (χ2v) is 12.7. The summed E-state index contributed by atoms with van der Waals surface area (Å²) in [5.41, 5.74) is 11.8. The number of nitrogens with zero attached hydrogens (tertiary/aromatic N) is 2. The molecule has 0 fully saturated rings. The standard InChI is InChI=1S/C27H25N2.C11H24O2.Ir/c1-17-10-18(2)13-22(12-17)26-27(23-14-19(3)11-20(4)15-23)29-25(16-28-26)24-9-7-6-8-21(24)5;1-8(2)5-10(12)7-11(13)6-9(3)4;/h6-12,14-16H,1-5H3;8-13H,5-7H2,1-4H3;/q-1;;. The maximum Gasteiger partial charge on any atom is 0.0876 e. The molecule has 43 heavy (non-hydrogen) atoms. The smallest absolute Gasteiger partial charge is 0.0876 e. The van der Waals surface area contributed by atoms with Crippen LogP contribution in [0, 0.1) is 52.5 Å². The number of hydrogen-bond acceptors (Lipinski definition) is 4. The van der Waals surface area contributed by atoms with Crippen LogP contribution in [-0.2, 0) is 20.1 Å². The molecule has 0 bridgehead atoms. The number of aromatic nitrogens is 2. The first-order valence-electron chi connectivity index (χ1n) is 15.2. The van der Waals surface area contributed by atoms with E-state index in [0.29, 0.717) is 18.3 Å². The molecule has 233 valence electrons. The van der Waals surface area contributed by atoms with Crippen molar-refractivity contribution in [3.63, 3.8) is 0 Å². The molecular formula is C38H49IrN2O2-. The summed E-state index contributed by atoms with van der Waals surface area (Å²) in [6.07, 6.45) is 3.30. The normalized spacial score (nSPS) is 12.4. The fourth-order valence-electron chi connectivity index (χ4n) is 5.51. The topological polar surface area (TPSA) is 66.2 Å². The fourth-order valence-corrected chi connectivity index (χ4v) is 5.51. The quantitative estimate of drug-likeness (QED) is 0.167. The van der Waals surface area contributed by atoms with Gasteiger partial charge in [-0.05, 0) is 63.0 Å². The SMILES string of the molecule is CC(C)CC(O)CC(O)CC(C)C.Cc1[c-]c(-c2ncc(-c3ccccc3C)nc2-c2cc(C)cc(C)c2)cc(C)c1.[Ir]. The van der Waals surface area contributed by atoms with Gasteiger partial charge < -0.3 is 15.2 Å². The molecular weight excluding hydrogens is 709 g/mol. The van der Waals surface area contributed by atoms with Gasteiger partial charge in [0.1, 0.15) is 0 Å². The molecule has 0 saturated heterocycles. The monoisotopic (exact) mass is 758 g/mol. The summed E-state index contributed by atoms with van der Waals surface area (Å²) < 4.78 is 0. The van der Waals surface area contributed by atoms with Gasteiger partial charge in [0.2, 0.25) is 0 Å². The van der Waals surface area contributed by atoms with Crippen LogP contribution in [-0.4, -0.2) is 32.4 Å². The maximum absolute atomic E-state index is 9.54. The molecule has 1 heterocycles. The van der Waals surface area contributed by atoms with E-state index in [-0.39, 0.29) is 32.3 Å². The fraction of sp³-hybridized carbons (Fsp3) is 0.421. The molecule has 4 aromatic rings. The van der Waals surface area contributed by atoms with Gasteiger partial charge in [0, 0.05) is 37.6 Å². The zero-order valence-corrected chi connectivity index (χ0v) is 29.7. The molecule has 0 aliphatic heterocycles. The van der Waals surface area contributed by atoms with Crippen molar-refractivity contribution < 1.29 is 30.3 Å². The van der Waals surface area contributed by atoms with E-state index >= 15 is 0 Å². The minimum Gasteiger partial charge on any atom is -0.393 e. The Morgan fingerprint density at radius 1 is 0.698 bits per heavy atom. The Morgan fingerprint density at radius 2 is 1.26 bits per heavy atom. The summed E-state index contributed by atoms with van der Waals surface area (Å²) in [5.74, 6) is 1.00. The van der Waals surface area contributed by atoms with Crippen LogP contribution in [0.5, 0.6) is 0 Å². The number of aryl methyl sites for hydroxylation is 5. The molecule has 4 rings (SSSR count). The first-order valence-corrected chi connectivity index (χ1v) is 15.2. The van der Waals surface area contributed by atoms with Crippen LogP contribution in [0.3, 0.4) is 0 Å². The van der Waals surface area contributed by atoms with Gasteiger partial charge in [-0.25, -0.2) is 0 Å². The van der Waals surface area contributed by atoms with Crippen molar-refractivity contribution in [3.8, 4) is 33.8 Å². The first kappa shape index (κ1) is 36.5. The summed E-state index contributed by atoms with van der Waals surface area (Å²) in [5, 5.41) is 19.1. The molecule has 0 spiro atoms. The molecule has 5 heteroatoms. The number of aliphatic hydroxyl groups excluding tert-OH is 2. The number of aliphatic hydroxyl groups is 2. The Kier molecular flexibility index (Phi) is 14.4. The number of rotatable bonds is 9. The molecule has 0 amide bonds. The van der Waals surface area contributed by atoms with Gasteiger partial charge >= 0.3 is 0 Å². The van der Waals surface area contributed by atoms with Crippen molar-refractivity contribution in [2.24, 2.45) is 11.8 Å². The van der Waals surface area contributed by atoms with E-state index in [4.69, 9.17) is 9.97 Å². The predicted octanol–water partition coefficient (Wildman–Crippen LogP) is 9.01. The van der Waals surface area contributed by atoms with Crippen LogP contribution in [0.25, 0.3) is 33.8 Å². The Hall–Kier alpha value is -2.69. The second-order valence-electron chi connectivity index (χ2n) is 12.7. The number of benzene rings is 3. The summed E-state index contributed by atoms with van der Waals surface area (Å²) in [7, 11) is 0. The summed E-state index contributed by atoms with van der Waals surface area (Å²) >= 11 is 0. The Labute approximate surface area is 273 Å². The van der Waals surface area contributed by atoms with Crippen LogP contribution >= 0.6 is 0 Å². The van der Waals surface area contributed by atoms with E-state index < -0.39 is 0 Å². The van der Waals surface area contributed by atoms with Crippen LogP contribution in [0.4, 0.5) is 0 Å². The average Bonchev–Trinajstić information content (AvgIpc) is 2.87. The van der Waals surface area contributed by atoms with E-state index in [1.807, 2.05) is 12.3 Å². The predicted molar refractivity (Wildman–Crippen MR) is 176 cm³/mol. The van der Waals surface area contributed by atoms with Gasteiger partial charge in [0.05, 0.1) is 23.6 Å². The molecule has 1 radical (unpaired) electrons. The van der Waals surface area contributed by atoms with Crippen LogP contribution < -0.4 is 0 Å². The van der Waals surface area contributed by atoms with E-state index in [0.717, 1.165) is 52.2 Å². The maximum atomic E-state index is 9.54. The van der Waals surface area contributed by atoms with Gasteiger partial charge in [-0.2, -0.15) is 0 Å². The van der Waals surface area contributed by atoms with E-state index in [1.165, 1.54) is 22.3 Å². The molecule has 1 aromatic heterocycles. The Bertz CT molecular complexity index is 1410. The third-order valence-corrected chi connectivity index (χ3v) is 7.12. The molecule has 2 unspecified atom stereocenters. The van der Waals surface area contributed by atoms with E-state index in [9.17, 15) is 10.2 Å². The molecule has 3 aromatic carbocycles. The third kappa shape index (κ3) is 11.4. The van der Waals surface area contributed by atoms with Crippen molar-refractivity contribution in [3.05, 3.63) is 94.7 Å². The largest absolute Gasteiger partial charge is 0.393 e. The second kappa shape index (κ2) is 17.0. The van der Waals surface area contributed by atoms with E-state index in [2.05, 4.69) is 117 Å². The van der Waals surface area contributed by atoms with Gasteiger partial charge in [-0.1, -0.05) is 95.1 Å². The van der Waals surface area contributed by atoms with E-state index in [1.54, 1.807) is 0 Å². The third-order valence-electron chi connectivity index (χ3n) is 7.12. The number of hydrogen-bond donors (Lipinski definition) is 2. The molecule has 4 nitrogen and oxygen atoms in total. The summed E-state index contributed by atoms with van der Waals surface area (Å²) in [4.78, 5) is 10.0. The van der Waals surface area contributed by atoms with Crippen LogP contribution in [0.15, 0.2) is 60.8 Å². The summed E-state index contributed by atoms with van der Waals surface area (Å²) in [6, 6.07) is 22.6. The van der Waals surface area contributed by atoms with Gasteiger partial charge in [-0.3, -0.25) is 4.98 Å². The molecule has 2 atom stereocenters. The molecule has 0 saturated carbocycles. The van der Waals surface area contributed by atoms with Gasteiger partial charge in [0.25, 0.3) is 0 Å². The van der Waals surface area contributed by atoms with Crippen molar-refractivity contribution in [1.82, 2.24) is 9.97 Å². The van der Waals surface area contributed by atoms with Gasteiger partial charge in [0.15, 0.2) is 0 Å². The molecule has 0 aliphatic rings. The zero-order valence-electron chi connectivity index (χ0n) is 27.3. The average molecular weight is 758 g/mol. The van der Waals surface area contributed by atoms with Crippen LogP contribution in [0.1, 0.15) is 74.8 Å². The first-order chi connectivity index (χ1) is 19.8. The van der Waals surface area contributed by atoms with Crippen molar-refractivity contribution >= 4 is 0 Å². The van der Waals surface area contributed by atoms with Crippen molar-refractivity contribution in [2.45, 2.75) is 93.8 Å². The molecule has 2 N–H and O–H groups in total. The molecule has 0 aliphatic carbocycles. The van der Waals surface area contributed by atoms with Crippen LogP contribution in [0.2, 0.25) is 0 Å². The zero-order chi connectivity index (χ0) is 31.0. The minimum atomic E-state index is -0.339. The summed E-state index contributed by atoms with van der Waals surface area (Å²) in [6.45, 7) is 18.9. The Morgan fingerprint density at radius 3 is 1.79 bits per heavy atom.